The van der Waals surface area contributed by atoms with E-state index in [-0.39, 0.29) is 42.8 Å². The van der Waals surface area contributed by atoms with Gasteiger partial charge < -0.3 is 15.0 Å². The lowest BCUT2D eigenvalue weighted by Crippen LogP contribution is -2.76. The van der Waals surface area contributed by atoms with E-state index in [2.05, 4.69) is 0 Å². The minimum Gasteiger partial charge on any atom is -0.507 e. The molecule has 0 radical (unpaired) electrons. The molecule has 2 aromatic carbocycles. The van der Waals surface area contributed by atoms with Gasteiger partial charge in [-0.25, -0.2) is 0 Å². The molecule has 0 bridgehead atoms. The number of hydrogen-bond donors (Lipinski definition) is 2. The Morgan fingerprint density at radius 1 is 1.00 bits per heavy atom. The molecule has 6 atom stereocenters. The average molecular weight is 587 g/mol. The van der Waals surface area contributed by atoms with Gasteiger partial charge in [0.1, 0.15) is 23.2 Å². The van der Waals surface area contributed by atoms with Gasteiger partial charge in [-0.2, -0.15) is 0 Å². The first kappa shape index (κ1) is 30.7. The van der Waals surface area contributed by atoms with Gasteiger partial charge in [-0.3, -0.25) is 24.0 Å². The van der Waals surface area contributed by atoms with Crippen molar-refractivity contribution in [1.29, 1.82) is 0 Å². The lowest BCUT2D eigenvalue weighted by molar-refractivity contribution is -0.205. The SMILES string of the molecule is CC(=O)CCc1cc(-c2ccccc2)c2c(c1O)C(=O)C1C(=O)[C@@]3(O)C(=O)C(C(C)=O)C(=O)C(C(C)C)[C@@]3(C)C[C@@]1(C)C2. The lowest BCUT2D eigenvalue weighted by Gasteiger charge is -2.62. The average Bonchev–Trinajstić information content (AvgIpc) is 2.90. The molecular formula is C35H38O8. The summed E-state index contributed by atoms with van der Waals surface area (Å²) >= 11 is 0. The zero-order chi connectivity index (χ0) is 31.8. The predicted molar refractivity (Wildman–Crippen MR) is 157 cm³/mol. The number of phenols is 1. The summed E-state index contributed by atoms with van der Waals surface area (Å²) in [5.41, 5.74) is -3.09. The summed E-state index contributed by atoms with van der Waals surface area (Å²) in [6, 6.07) is 11.1. The maximum Gasteiger partial charge on any atom is 0.190 e. The molecule has 5 rings (SSSR count). The number of rotatable bonds is 6. The molecule has 8 nitrogen and oxygen atoms in total. The first-order valence-electron chi connectivity index (χ1n) is 14.8. The van der Waals surface area contributed by atoms with Crippen molar-refractivity contribution >= 4 is 34.7 Å². The number of ketones is 6. The molecule has 3 unspecified atom stereocenters. The van der Waals surface area contributed by atoms with Gasteiger partial charge in [-0.15, -0.1) is 0 Å². The van der Waals surface area contributed by atoms with Crippen molar-refractivity contribution < 1.29 is 39.0 Å². The Balaban J connectivity index is 1.76. The number of benzene rings is 2. The number of carbonyl (C=O) groups excluding carboxylic acids is 6. The van der Waals surface area contributed by atoms with Gasteiger partial charge in [-0.1, -0.05) is 58.0 Å². The summed E-state index contributed by atoms with van der Waals surface area (Å²) in [6.07, 6.45) is 0.462. The molecule has 0 heterocycles. The van der Waals surface area contributed by atoms with E-state index in [1.165, 1.54) is 6.92 Å². The number of aryl methyl sites for hydroxylation is 1. The fraction of sp³-hybridized carbons (Fsp3) is 0.486. The number of phenolic OH excluding ortho intramolecular Hbond substituents is 1. The normalized spacial score (nSPS) is 31.9. The molecule has 0 spiro atoms. The second-order valence-corrected chi connectivity index (χ2v) is 13.7. The highest BCUT2D eigenvalue weighted by molar-refractivity contribution is 6.32. The van der Waals surface area contributed by atoms with Crippen LogP contribution in [0.3, 0.4) is 0 Å². The van der Waals surface area contributed by atoms with Crippen LogP contribution >= 0.6 is 0 Å². The summed E-state index contributed by atoms with van der Waals surface area (Å²) < 4.78 is 0. The minimum absolute atomic E-state index is 0.00980. The van der Waals surface area contributed by atoms with Gasteiger partial charge in [0, 0.05) is 17.8 Å². The Morgan fingerprint density at radius 2 is 1.63 bits per heavy atom. The van der Waals surface area contributed by atoms with Crippen molar-refractivity contribution in [3.63, 3.8) is 0 Å². The molecule has 226 valence electrons. The Hall–Kier alpha value is -3.78. The van der Waals surface area contributed by atoms with Crippen LogP contribution < -0.4 is 0 Å². The predicted octanol–water partition coefficient (Wildman–Crippen LogP) is 4.28. The van der Waals surface area contributed by atoms with Crippen LogP contribution in [-0.4, -0.2) is 50.5 Å². The zero-order valence-corrected chi connectivity index (χ0v) is 25.4. The standard InChI is InChI=1S/C35H38O8/c1-17(2)26-29(39)24(19(4)37)31(41)35(43)32(42)27-30(40)25-23(15-33(27,5)16-34(26,35)6)22(20-10-8-7-9-11-20)14-21(28(25)38)13-12-18(3)36/h7-11,14,17,24,26-27,38,43H,12-13,15-16H2,1-6H3/t24?,26?,27?,33-,34-,35+/m1/s1. The lowest BCUT2D eigenvalue weighted by atomic mass is 9.39. The molecule has 8 heteroatoms. The van der Waals surface area contributed by atoms with E-state index in [0.717, 1.165) is 12.5 Å². The molecular weight excluding hydrogens is 548 g/mol. The quantitative estimate of drug-likeness (QED) is 0.478. The van der Waals surface area contributed by atoms with Crippen molar-refractivity contribution in [3.05, 3.63) is 53.1 Å². The molecule has 43 heavy (non-hydrogen) atoms. The summed E-state index contributed by atoms with van der Waals surface area (Å²) in [5, 5.41) is 23.7. The van der Waals surface area contributed by atoms with E-state index in [0.29, 0.717) is 16.7 Å². The summed E-state index contributed by atoms with van der Waals surface area (Å²) in [5.74, 6) is -9.35. The molecule has 0 saturated heterocycles. The molecule has 2 aromatic rings. The maximum absolute atomic E-state index is 14.5. The minimum atomic E-state index is -2.74. The van der Waals surface area contributed by atoms with E-state index >= 15 is 0 Å². The van der Waals surface area contributed by atoms with Gasteiger partial charge in [-0.05, 0) is 72.8 Å². The van der Waals surface area contributed by atoms with Gasteiger partial charge in [0.05, 0.1) is 11.5 Å². The first-order valence-corrected chi connectivity index (χ1v) is 14.8. The molecule has 2 fully saturated rings. The third kappa shape index (κ3) is 4.20. The number of hydrogen-bond acceptors (Lipinski definition) is 8. The van der Waals surface area contributed by atoms with E-state index < -0.39 is 69.0 Å². The smallest absolute Gasteiger partial charge is 0.190 e. The molecule has 2 saturated carbocycles. The summed E-state index contributed by atoms with van der Waals surface area (Å²) in [7, 11) is 0. The number of aliphatic hydroxyl groups is 1. The zero-order valence-electron chi connectivity index (χ0n) is 25.4. The Labute approximate surface area is 250 Å². The Bertz CT molecular complexity index is 1600. The van der Waals surface area contributed by atoms with Crippen LogP contribution in [0.25, 0.3) is 11.1 Å². The number of Topliss-reactive ketones (excluding diaryl/α,β-unsaturated/α-hetero) is 6. The van der Waals surface area contributed by atoms with Crippen LogP contribution in [0.15, 0.2) is 36.4 Å². The van der Waals surface area contributed by atoms with Crippen LogP contribution in [0, 0.1) is 34.5 Å². The van der Waals surface area contributed by atoms with Crippen molar-refractivity contribution in [3.8, 4) is 16.9 Å². The number of carbonyl (C=O) groups is 6. The molecule has 2 N–H and O–H groups in total. The van der Waals surface area contributed by atoms with Crippen LogP contribution in [0.4, 0.5) is 0 Å². The maximum atomic E-state index is 14.5. The van der Waals surface area contributed by atoms with Crippen molar-refractivity contribution in [1.82, 2.24) is 0 Å². The van der Waals surface area contributed by atoms with E-state index in [1.807, 2.05) is 30.3 Å². The summed E-state index contributed by atoms with van der Waals surface area (Å²) in [4.78, 5) is 80.9. The van der Waals surface area contributed by atoms with Crippen molar-refractivity contribution in [2.75, 3.05) is 0 Å². The number of fused-ring (bicyclic) bond motifs is 3. The summed E-state index contributed by atoms with van der Waals surface area (Å²) in [6.45, 7) is 9.37. The monoisotopic (exact) mass is 586 g/mol. The van der Waals surface area contributed by atoms with Crippen LogP contribution in [-0.2, 0) is 36.8 Å². The molecule has 0 aliphatic heterocycles. The fourth-order valence-corrected chi connectivity index (χ4v) is 8.64. The van der Waals surface area contributed by atoms with E-state index in [1.54, 1.807) is 33.8 Å². The Kier molecular flexibility index (Phi) is 7.24. The highest BCUT2D eigenvalue weighted by atomic mass is 16.3. The topological polar surface area (TPSA) is 143 Å². The highest BCUT2D eigenvalue weighted by Crippen LogP contribution is 2.64. The van der Waals surface area contributed by atoms with Gasteiger partial charge >= 0.3 is 0 Å². The fourth-order valence-electron chi connectivity index (χ4n) is 8.64. The molecule has 3 aliphatic rings. The van der Waals surface area contributed by atoms with Crippen LogP contribution in [0.1, 0.15) is 75.9 Å². The molecule has 0 aromatic heterocycles. The second-order valence-electron chi connectivity index (χ2n) is 13.7. The van der Waals surface area contributed by atoms with Crippen LogP contribution in [0.2, 0.25) is 0 Å². The third-order valence-corrected chi connectivity index (χ3v) is 10.3. The van der Waals surface area contributed by atoms with Gasteiger partial charge in [0.2, 0.25) is 0 Å². The largest absolute Gasteiger partial charge is 0.507 e. The second kappa shape index (κ2) is 10.2. The highest BCUT2D eigenvalue weighted by Gasteiger charge is 2.76. The van der Waals surface area contributed by atoms with Gasteiger partial charge in [0.15, 0.2) is 28.7 Å². The number of aromatic hydroxyl groups is 1. The van der Waals surface area contributed by atoms with E-state index in [4.69, 9.17) is 0 Å². The van der Waals surface area contributed by atoms with Crippen LogP contribution in [0.5, 0.6) is 5.75 Å². The van der Waals surface area contributed by atoms with Crippen molar-refractivity contribution in [2.45, 2.75) is 72.8 Å². The third-order valence-electron chi connectivity index (χ3n) is 10.3. The Morgan fingerprint density at radius 3 is 2.19 bits per heavy atom. The van der Waals surface area contributed by atoms with E-state index in [9.17, 15) is 39.0 Å². The van der Waals surface area contributed by atoms with Crippen molar-refractivity contribution in [2.24, 2.45) is 34.5 Å². The molecule has 0 amide bonds. The van der Waals surface area contributed by atoms with Gasteiger partial charge in [0.25, 0.3) is 0 Å². The molecule has 3 aliphatic carbocycles. The first-order chi connectivity index (χ1) is 20.0.